The highest BCUT2D eigenvalue weighted by molar-refractivity contribution is 7.97. The molecule has 4 aliphatic carbocycles. The average Bonchev–Trinajstić information content (AvgIpc) is 2.63. The quantitative estimate of drug-likeness (QED) is 0.651. The highest BCUT2D eigenvalue weighted by atomic mass is 32.2. The van der Waals surface area contributed by atoms with Gasteiger partial charge in [0.1, 0.15) is 5.54 Å². The summed E-state index contributed by atoms with van der Waals surface area (Å²) in [6.45, 7) is 3.79. The van der Waals surface area contributed by atoms with Gasteiger partial charge in [-0.1, -0.05) is 18.2 Å². The first-order chi connectivity index (χ1) is 12.8. The lowest BCUT2D eigenvalue weighted by molar-refractivity contribution is -0.168. The van der Waals surface area contributed by atoms with Crippen LogP contribution >= 0.6 is 11.9 Å². The van der Waals surface area contributed by atoms with Gasteiger partial charge in [-0.2, -0.15) is 0 Å². The molecule has 0 heterocycles. The molecule has 5 rings (SSSR count). The molecule has 0 spiro atoms. The van der Waals surface area contributed by atoms with Gasteiger partial charge < -0.3 is 10.4 Å². The van der Waals surface area contributed by atoms with Gasteiger partial charge in [0.25, 0.3) is 0 Å². The monoisotopic (exact) mass is 388 g/mol. The van der Waals surface area contributed by atoms with Crippen molar-refractivity contribution in [2.75, 3.05) is 0 Å². The number of carbonyl (C=O) groups excluding carboxylic acids is 1. The first-order valence-electron chi connectivity index (χ1n) is 9.82. The molecule has 4 saturated carbocycles. The molecule has 6 heteroatoms. The van der Waals surface area contributed by atoms with E-state index in [0.29, 0.717) is 30.6 Å². The van der Waals surface area contributed by atoms with Crippen molar-refractivity contribution >= 4 is 23.8 Å². The number of hydrogen-bond donors (Lipinski definition) is 3. The molecule has 0 aromatic heterocycles. The fourth-order valence-electron chi connectivity index (χ4n) is 5.58. The Bertz CT molecular complexity index is 720. The lowest BCUT2D eigenvalue weighted by Gasteiger charge is -2.58. The van der Waals surface area contributed by atoms with Gasteiger partial charge >= 0.3 is 5.97 Å². The number of carboxylic acid groups (broad SMARTS) is 1. The molecule has 4 fully saturated rings. The summed E-state index contributed by atoms with van der Waals surface area (Å²) in [4.78, 5) is 25.9. The van der Waals surface area contributed by atoms with E-state index < -0.39 is 16.9 Å². The number of amides is 1. The molecule has 3 N–H and O–H groups in total. The van der Waals surface area contributed by atoms with Crippen LogP contribution in [0.2, 0.25) is 0 Å². The maximum Gasteiger partial charge on any atom is 0.309 e. The molecule has 4 bridgehead atoms. The minimum Gasteiger partial charge on any atom is -0.481 e. The molecule has 2 atom stereocenters. The van der Waals surface area contributed by atoms with Crippen LogP contribution in [0.25, 0.3) is 0 Å². The summed E-state index contributed by atoms with van der Waals surface area (Å²) in [7, 11) is 0. The molecule has 1 aromatic rings. The number of aliphatic carboxylic acids is 1. The minimum atomic E-state index is -0.709. The summed E-state index contributed by atoms with van der Waals surface area (Å²) >= 11 is 1.46. The zero-order chi connectivity index (χ0) is 19.2. The molecule has 27 heavy (non-hydrogen) atoms. The number of carbonyl (C=O) groups is 2. The lowest BCUT2D eigenvalue weighted by Crippen LogP contribution is -2.63. The molecule has 0 saturated heterocycles. The Hall–Kier alpha value is -1.53. The molecule has 0 radical (unpaired) electrons. The van der Waals surface area contributed by atoms with Crippen LogP contribution in [0.4, 0.5) is 0 Å². The average molecular weight is 389 g/mol. The van der Waals surface area contributed by atoms with Crippen molar-refractivity contribution in [1.82, 2.24) is 10.0 Å². The standard InChI is InChI=1S/C21H28N2O3S/c1-20(2,23-27-16-6-4-3-5-7-16)18(24)22-17-14-8-13-9-15(17)12-21(10-13,11-14)19(25)26/h3-7,13-15,17,23H,8-12H2,1-2H3,(H,22,24)(H,25,26). The third-order valence-corrected chi connectivity index (χ3v) is 7.88. The Morgan fingerprint density at radius 2 is 1.74 bits per heavy atom. The Morgan fingerprint density at radius 1 is 1.11 bits per heavy atom. The van der Waals surface area contributed by atoms with Gasteiger partial charge in [0.2, 0.25) is 5.91 Å². The van der Waals surface area contributed by atoms with Crippen LogP contribution in [0, 0.1) is 23.2 Å². The third-order valence-electron chi connectivity index (χ3n) is 6.76. The van der Waals surface area contributed by atoms with Gasteiger partial charge in [0.15, 0.2) is 0 Å². The number of rotatable bonds is 6. The summed E-state index contributed by atoms with van der Waals surface area (Å²) in [5, 5.41) is 13.0. The van der Waals surface area contributed by atoms with Crippen molar-refractivity contribution in [1.29, 1.82) is 0 Å². The van der Waals surface area contributed by atoms with Crippen LogP contribution in [0.5, 0.6) is 0 Å². The van der Waals surface area contributed by atoms with E-state index in [1.807, 2.05) is 44.2 Å². The van der Waals surface area contributed by atoms with Gasteiger partial charge in [-0.25, -0.2) is 4.72 Å². The summed E-state index contributed by atoms with van der Waals surface area (Å²) < 4.78 is 3.28. The summed E-state index contributed by atoms with van der Waals surface area (Å²) in [6.07, 6.45) is 4.38. The summed E-state index contributed by atoms with van der Waals surface area (Å²) in [6, 6.07) is 10.1. The van der Waals surface area contributed by atoms with Crippen molar-refractivity contribution < 1.29 is 14.7 Å². The number of carboxylic acids is 1. The van der Waals surface area contributed by atoms with Gasteiger partial charge in [0, 0.05) is 10.9 Å². The number of nitrogens with one attached hydrogen (secondary N) is 2. The Labute approximate surface area is 164 Å². The molecular weight excluding hydrogens is 360 g/mol. The van der Waals surface area contributed by atoms with Gasteiger partial charge in [-0.15, -0.1) is 0 Å². The second-order valence-corrected chi connectivity index (χ2v) is 10.1. The molecule has 2 unspecified atom stereocenters. The van der Waals surface area contributed by atoms with Gasteiger partial charge in [-0.3, -0.25) is 9.59 Å². The Balaban J connectivity index is 1.40. The van der Waals surface area contributed by atoms with Crippen LogP contribution in [0.1, 0.15) is 46.0 Å². The molecular formula is C21H28N2O3S. The zero-order valence-corrected chi connectivity index (χ0v) is 16.7. The van der Waals surface area contributed by atoms with E-state index in [1.165, 1.54) is 11.9 Å². The zero-order valence-electron chi connectivity index (χ0n) is 15.9. The molecule has 0 aliphatic heterocycles. The lowest BCUT2D eigenvalue weighted by atomic mass is 9.48. The molecule has 1 amide bonds. The van der Waals surface area contributed by atoms with Crippen molar-refractivity contribution in [2.45, 2.75) is 62.4 Å². The topological polar surface area (TPSA) is 78.4 Å². The van der Waals surface area contributed by atoms with Crippen molar-refractivity contribution in [2.24, 2.45) is 23.2 Å². The van der Waals surface area contributed by atoms with Crippen LogP contribution < -0.4 is 10.0 Å². The Morgan fingerprint density at radius 3 is 2.33 bits per heavy atom. The summed E-state index contributed by atoms with van der Waals surface area (Å²) in [5.41, 5.74) is -1.24. The van der Waals surface area contributed by atoms with Crippen molar-refractivity contribution in [3.05, 3.63) is 30.3 Å². The predicted molar refractivity (Wildman–Crippen MR) is 105 cm³/mol. The molecule has 1 aromatic carbocycles. The predicted octanol–water partition coefficient (Wildman–Crippen LogP) is 3.46. The van der Waals surface area contributed by atoms with E-state index in [0.717, 1.165) is 24.2 Å². The van der Waals surface area contributed by atoms with E-state index >= 15 is 0 Å². The van der Waals surface area contributed by atoms with Crippen molar-refractivity contribution in [3.63, 3.8) is 0 Å². The van der Waals surface area contributed by atoms with Gasteiger partial charge in [0.05, 0.1) is 5.41 Å². The van der Waals surface area contributed by atoms with Crippen LogP contribution in [-0.4, -0.2) is 28.6 Å². The third kappa shape index (κ3) is 3.49. The normalized spacial score (nSPS) is 34.4. The second-order valence-electron chi connectivity index (χ2n) is 9.20. The second kappa shape index (κ2) is 6.82. The minimum absolute atomic E-state index is 0.00669. The number of hydrogen-bond acceptors (Lipinski definition) is 4. The van der Waals surface area contributed by atoms with Crippen LogP contribution in [0.3, 0.4) is 0 Å². The van der Waals surface area contributed by atoms with Gasteiger partial charge in [-0.05, 0) is 87.8 Å². The summed E-state index contributed by atoms with van der Waals surface area (Å²) in [5.74, 6) is 0.481. The highest BCUT2D eigenvalue weighted by Crippen LogP contribution is 2.60. The fraction of sp³-hybridized carbons (Fsp3) is 0.619. The maximum absolute atomic E-state index is 13.0. The SMILES string of the molecule is CC(C)(NSc1ccccc1)C(=O)NC1C2CC3CC1CC(C(=O)O)(C3)C2. The van der Waals surface area contributed by atoms with E-state index in [1.54, 1.807) is 0 Å². The van der Waals surface area contributed by atoms with E-state index in [4.69, 9.17) is 0 Å². The van der Waals surface area contributed by atoms with E-state index in [9.17, 15) is 14.7 Å². The Kier molecular flexibility index (Phi) is 4.75. The van der Waals surface area contributed by atoms with Crippen LogP contribution in [0.15, 0.2) is 35.2 Å². The van der Waals surface area contributed by atoms with E-state index in [-0.39, 0.29) is 11.9 Å². The molecule has 146 valence electrons. The first kappa shape index (κ1) is 18.8. The smallest absolute Gasteiger partial charge is 0.309 e. The largest absolute Gasteiger partial charge is 0.481 e. The maximum atomic E-state index is 13.0. The first-order valence-corrected chi connectivity index (χ1v) is 10.6. The van der Waals surface area contributed by atoms with Crippen molar-refractivity contribution in [3.8, 4) is 0 Å². The van der Waals surface area contributed by atoms with Crippen LogP contribution in [-0.2, 0) is 9.59 Å². The fourth-order valence-corrected chi connectivity index (χ4v) is 6.33. The molecule has 4 aliphatic rings. The molecule has 5 nitrogen and oxygen atoms in total. The van der Waals surface area contributed by atoms with E-state index in [2.05, 4.69) is 10.0 Å². The highest BCUT2D eigenvalue weighted by Gasteiger charge is 2.59. The number of benzene rings is 1.